The predicted octanol–water partition coefficient (Wildman–Crippen LogP) is 2.32. The molecule has 1 saturated heterocycles. The standard InChI is InChI=1S/C17H24N2O2/c1-12(2)16(20)18-8-9-19(14(4)11-18)17(21)15-7-5-6-13(3)10-15/h5-7,10,12,14H,8-9,11H2,1-4H3. The van der Waals surface area contributed by atoms with Crippen molar-refractivity contribution in [1.29, 1.82) is 0 Å². The van der Waals surface area contributed by atoms with Crippen molar-refractivity contribution in [2.75, 3.05) is 19.6 Å². The van der Waals surface area contributed by atoms with Gasteiger partial charge in [0.1, 0.15) is 0 Å². The number of carbonyl (C=O) groups is 2. The lowest BCUT2D eigenvalue weighted by atomic mass is 10.1. The molecule has 4 nitrogen and oxygen atoms in total. The molecule has 1 fully saturated rings. The third kappa shape index (κ3) is 3.43. The maximum Gasteiger partial charge on any atom is 0.254 e. The number of hydrogen-bond donors (Lipinski definition) is 0. The topological polar surface area (TPSA) is 40.6 Å². The number of nitrogens with zero attached hydrogens (tertiary/aromatic N) is 2. The summed E-state index contributed by atoms with van der Waals surface area (Å²) in [6.07, 6.45) is 0. The molecule has 0 saturated carbocycles. The van der Waals surface area contributed by atoms with E-state index in [4.69, 9.17) is 0 Å². The van der Waals surface area contributed by atoms with Crippen LogP contribution in [0.15, 0.2) is 24.3 Å². The van der Waals surface area contributed by atoms with Gasteiger partial charge < -0.3 is 9.80 Å². The number of hydrogen-bond acceptors (Lipinski definition) is 2. The molecule has 0 spiro atoms. The average Bonchev–Trinajstić information content (AvgIpc) is 2.45. The summed E-state index contributed by atoms with van der Waals surface area (Å²) in [4.78, 5) is 28.4. The zero-order valence-corrected chi connectivity index (χ0v) is 13.3. The van der Waals surface area contributed by atoms with E-state index in [9.17, 15) is 9.59 Å². The minimum absolute atomic E-state index is 0.0104. The minimum atomic E-state index is 0.0104. The molecular weight excluding hydrogens is 264 g/mol. The van der Waals surface area contributed by atoms with E-state index in [0.29, 0.717) is 19.6 Å². The minimum Gasteiger partial charge on any atom is -0.339 e. The van der Waals surface area contributed by atoms with Crippen LogP contribution >= 0.6 is 0 Å². The van der Waals surface area contributed by atoms with Crippen molar-refractivity contribution in [2.45, 2.75) is 33.7 Å². The van der Waals surface area contributed by atoms with Crippen LogP contribution in [0.2, 0.25) is 0 Å². The molecule has 21 heavy (non-hydrogen) atoms. The molecule has 1 heterocycles. The van der Waals surface area contributed by atoms with E-state index in [1.54, 1.807) is 0 Å². The Balaban J connectivity index is 2.07. The number of carbonyl (C=O) groups excluding carboxylic acids is 2. The Bertz CT molecular complexity index is 539. The maximum absolute atomic E-state index is 12.6. The second kappa shape index (κ2) is 6.29. The lowest BCUT2D eigenvalue weighted by Gasteiger charge is -2.40. The third-order valence-electron chi connectivity index (χ3n) is 3.96. The van der Waals surface area contributed by atoms with Crippen molar-refractivity contribution in [3.8, 4) is 0 Å². The molecule has 0 radical (unpaired) electrons. The van der Waals surface area contributed by atoms with Gasteiger partial charge in [0.15, 0.2) is 0 Å². The molecule has 1 aromatic carbocycles. The normalized spacial score (nSPS) is 19.0. The third-order valence-corrected chi connectivity index (χ3v) is 3.96. The summed E-state index contributed by atoms with van der Waals surface area (Å²) < 4.78 is 0. The van der Waals surface area contributed by atoms with E-state index in [0.717, 1.165) is 11.1 Å². The van der Waals surface area contributed by atoms with Gasteiger partial charge in [0.05, 0.1) is 0 Å². The zero-order chi connectivity index (χ0) is 15.6. The van der Waals surface area contributed by atoms with Gasteiger partial charge in [0.2, 0.25) is 5.91 Å². The Morgan fingerprint density at radius 1 is 1.24 bits per heavy atom. The van der Waals surface area contributed by atoms with Crippen LogP contribution in [-0.2, 0) is 4.79 Å². The average molecular weight is 288 g/mol. The zero-order valence-electron chi connectivity index (χ0n) is 13.3. The second-order valence-corrected chi connectivity index (χ2v) is 6.16. The first kappa shape index (κ1) is 15.5. The molecular formula is C17H24N2O2. The molecule has 0 N–H and O–H groups in total. The van der Waals surface area contributed by atoms with E-state index in [1.807, 2.05) is 61.8 Å². The summed E-state index contributed by atoms with van der Waals surface area (Å²) in [5.41, 5.74) is 1.81. The van der Waals surface area contributed by atoms with Crippen molar-refractivity contribution in [3.63, 3.8) is 0 Å². The van der Waals surface area contributed by atoms with Crippen LogP contribution in [0.5, 0.6) is 0 Å². The van der Waals surface area contributed by atoms with Crippen molar-refractivity contribution in [3.05, 3.63) is 35.4 Å². The van der Waals surface area contributed by atoms with Gasteiger partial charge in [0.25, 0.3) is 5.91 Å². The van der Waals surface area contributed by atoms with Gasteiger partial charge in [-0.15, -0.1) is 0 Å². The van der Waals surface area contributed by atoms with Crippen LogP contribution in [0.3, 0.4) is 0 Å². The number of benzene rings is 1. The molecule has 1 aliphatic rings. The molecule has 1 aromatic rings. The summed E-state index contributed by atoms with van der Waals surface area (Å²) in [5, 5.41) is 0. The van der Waals surface area contributed by atoms with Crippen LogP contribution in [0.1, 0.15) is 36.7 Å². The lowest BCUT2D eigenvalue weighted by Crippen LogP contribution is -2.56. The van der Waals surface area contributed by atoms with Gasteiger partial charge in [-0.25, -0.2) is 0 Å². The van der Waals surface area contributed by atoms with Gasteiger partial charge >= 0.3 is 0 Å². The summed E-state index contributed by atoms with van der Waals surface area (Å²) in [7, 11) is 0. The smallest absolute Gasteiger partial charge is 0.254 e. The van der Waals surface area contributed by atoms with Gasteiger partial charge in [-0.2, -0.15) is 0 Å². The van der Waals surface area contributed by atoms with Gasteiger partial charge in [-0.3, -0.25) is 9.59 Å². The van der Waals surface area contributed by atoms with Gasteiger partial charge in [-0.05, 0) is 26.0 Å². The number of aryl methyl sites for hydroxylation is 1. The molecule has 0 aromatic heterocycles. The molecule has 1 atom stereocenters. The van der Waals surface area contributed by atoms with Crippen LogP contribution in [0.25, 0.3) is 0 Å². The molecule has 2 amide bonds. The highest BCUT2D eigenvalue weighted by Crippen LogP contribution is 2.16. The summed E-state index contributed by atoms with van der Waals surface area (Å²) >= 11 is 0. The molecule has 0 bridgehead atoms. The molecule has 1 unspecified atom stereocenters. The monoisotopic (exact) mass is 288 g/mol. The first-order valence-corrected chi connectivity index (χ1v) is 7.56. The molecule has 1 aliphatic heterocycles. The van der Waals surface area contributed by atoms with Gasteiger partial charge in [-0.1, -0.05) is 31.5 Å². The van der Waals surface area contributed by atoms with E-state index in [-0.39, 0.29) is 23.8 Å². The first-order valence-electron chi connectivity index (χ1n) is 7.56. The Kier molecular flexibility index (Phi) is 4.66. The van der Waals surface area contributed by atoms with Crippen molar-refractivity contribution in [1.82, 2.24) is 9.80 Å². The Hall–Kier alpha value is -1.84. The Labute approximate surface area is 126 Å². The van der Waals surface area contributed by atoms with E-state index in [2.05, 4.69) is 0 Å². The fraction of sp³-hybridized carbons (Fsp3) is 0.529. The van der Waals surface area contributed by atoms with Crippen molar-refractivity contribution >= 4 is 11.8 Å². The molecule has 4 heteroatoms. The Morgan fingerprint density at radius 2 is 1.95 bits per heavy atom. The SMILES string of the molecule is Cc1cccc(C(=O)N2CCN(C(=O)C(C)C)CC2C)c1. The highest BCUT2D eigenvalue weighted by atomic mass is 16.2. The fourth-order valence-corrected chi connectivity index (χ4v) is 2.77. The maximum atomic E-state index is 12.6. The van der Waals surface area contributed by atoms with E-state index >= 15 is 0 Å². The summed E-state index contributed by atoms with van der Waals surface area (Å²) in [6.45, 7) is 9.67. The largest absolute Gasteiger partial charge is 0.339 e. The van der Waals surface area contributed by atoms with Crippen LogP contribution in [0.4, 0.5) is 0 Å². The molecule has 2 rings (SSSR count). The quantitative estimate of drug-likeness (QED) is 0.838. The number of amides is 2. The van der Waals surface area contributed by atoms with Crippen LogP contribution < -0.4 is 0 Å². The van der Waals surface area contributed by atoms with Crippen LogP contribution in [0, 0.1) is 12.8 Å². The number of rotatable bonds is 2. The van der Waals surface area contributed by atoms with Crippen LogP contribution in [-0.4, -0.2) is 47.3 Å². The number of piperazine rings is 1. The highest BCUT2D eigenvalue weighted by Gasteiger charge is 2.30. The van der Waals surface area contributed by atoms with E-state index < -0.39 is 0 Å². The van der Waals surface area contributed by atoms with Crippen molar-refractivity contribution in [2.24, 2.45) is 5.92 Å². The summed E-state index contributed by atoms with van der Waals surface area (Å²) in [6, 6.07) is 7.72. The molecule has 0 aliphatic carbocycles. The first-order chi connectivity index (χ1) is 9.90. The predicted molar refractivity (Wildman–Crippen MR) is 83.1 cm³/mol. The second-order valence-electron chi connectivity index (χ2n) is 6.16. The molecule has 114 valence electrons. The van der Waals surface area contributed by atoms with Gasteiger partial charge in [0, 0.05) is 37.2 Å². The summed E-state index contributed by atoms with van der Waals surface area (Å²) in [5.74, 6) is 0.239. The highest BCUT2D eigenvalue weighted by molar-refractivity contribution is 5.94. The van der Waals surface area contributed by atoms with E-state index in [1.165, 1.54) is 0 Å². The lowest BCUT2D eigenvalue weighted by molar-refractivity contribution is -0.136. The van der Waals surface area contributed by atoms with Crippen molar-refractivity contribution < 1.29 is 9.59 Å². The fourth-order valence-electron chi connectivity index (χ4n) is 2.77. The Morgan fingerprint density at radius 3 is 2.52 bits per heavy atom.